The number of nitrogens with zero attached hydrogens (tertiary/aromatic N) is 4. The van der Waals surface area contributed by atoms with E-state index in [1.165, 1.54) is 12.7 Å². The van der Waals surface area contributed by atoms with Gasteiger partial charge in [0.2, 0.25) is 0 Å². The lowest BCUT2D eigenvalue weighted by Gasteiger charge is -2.06. The van der Waals surface area contributed by atoms with E-state index in [2.05, 4.69) is 15.0 Å². The standard InChI is InChI=1S/C12H11N5O2S/c1-8-2-4-9(5-3-8)20(18,19)17-7-16-10-11(13)14-6-15-12(10)17/h2-7H,1H3,(H2,13,14,15). The van der Waals surface area contributed by atoms with Gasteiger partial charge in [0, 0.05) is 0 Å². The summed E-state index contributed by atoms with van der Waals surface area (Å²) in [5.41, 5.74) is 7.06. The molecule has 2 N–H and O–H groups in total. The number of benzene rings is 1. The van der Waals surface area contributed by atoms with Crippen molar-refractivity contribution in [3.63, 3.8) is 0 Å². The number of anilines is 1. The lowest BCUT2D eigenvalue weighted by Crippen LogP contribution is -2.12. The highest BCUT2D eigenvalue weighted by molar-refractivity contribution is 7.90. The summed E-state index contributed by atoms with van der Waals surface area (Å²) < 4.78 is 26.1. The van der Waals surface area contributed by atoms with E-state index in [9.17, 15) is 8.42 Å². The van der Waals surface area contributed by atoms with Crippen LogP contribution in [0.5, 0.6) is 0 Å². The number of aromatic nitrogens is 4. The number of aryl methyl sites for hydroxylation is 1. The van der Waals surface area contributed by atoms with Crippen LogP contribution in [0.1, 0.15) is 5.56 Å². The molecule has 0 aliphatic carbocycles. The van der Waals surface area contributed by atoms with Gasteiger partial charge in [-0.15, -0.1) is 0 Å². The Bertz CT molecular complexity index is 884. The van der Waals surface area contributed by atoms with Crippen LogP contribution in [0, 0.1) is 6.92 Å². The third-order valence-corrected chi connectivity index (χ3v) is 4.56. The molecule has 20 heavy (non-hydrogen) atoms. The number of hydrogen-bond donors (Lipinski definition) is 1. The molecule has 3 rings (SSSR count). The molecule has 0 amide bonds. The molecule has 0 aliphatic heterocycles. The zero-order valence-electron chi connectivity index (χ0n) is 10.6. The highest BCUT2D eigenvalue weighted by Gasteiger charge is 2.21. The Labute approximate surface area is 115 Å². The van der Waals surface area contributed by atoms with Crippen LogP contribution in [0.15, 0.2) is 41.8 Å². The molecule has 2 aromatic heterocycles. The average molecular weight is 289 g/mol. The maximum absolute atomic E-state index is 12.6. The van der Waals surface area contributed by atoms with Crippen LogP contribution in [0.2, 0.25) is 0 Å². The van der Waals surface area contributed by atoms with Gasteiger partial charge in [0.15, 0.2) is 17.0 Å². The molecular weight excluding hydrogens is 278 g/mol. The molecule has 0 fully saturated rings. The first kappa shape index (κ1) is 12.5. The summed E-state index contributed by atoms with van der Waals surface area (Å²) in [5.74, 6) is 0.146. The highest BCUT2D eigenvalue weighted by atomic mass is 32.2. The zero-order valence-corrected chi connectivity index (χ0v) is 11.4. The first-order chi connectivity index (χ1) is 9.50. The molecule has 0 aliphatic rings. The second-order valence-electron chi connectivity index (χ2n) is 4.29. The summed E-state index contributed by atoms with van der Waals surface area (Å²) in [5, 5.41) is 0. The van der Waals surface area contributed by atoms with Crippen molar-refractivity contribution in [2.45, 2.75) is 11.8 Å². The second-order valence-corrected chi connectivity index (χ2v) is 6.10. The van der Waals surface area contributed by atoms with Crippen molar-refractivity contribution in [1.29, 1.82) is 0 Å². The molecule has 0 bridgehead atoms. The van der Waals surface area contributed by atoms with Crippen molar-refractivity contribution >= 4 is 27.0 Å². The van der Waals surface area contributed by atoms with Gasteiger partial charge in [-0.05, 0) is 19.1 Å². The van der Waals surface area contributed by atoms with E-state index in [-0.39, 0.29) is 21.9 Å². The number of rotatable bonds is 2. The SMILES string of the molecule is Cc1ccc(S(=O)(=O)n2cnc3c(N)ncnc32)cc1. The number of hydrogen-bond acceptors (Lipinski definition) is 6. The van der Waals surface area contributed by atoms with Gasteiger partial charge >= 0.3 is 0 Å². The van der Waals surface area contributed by atoms with E-state index >= 15 is 0 Å². The summed E-state index contributed by atoms with van der Waals surface area (Å²) in [7, 11) is -3.75. The average Bonchev–Trinajstić information content (AvgIpc) is 2.85. The van der Waals surface area contributed by atoms with E-state index in [4.69, 9.17) is 5.73 Å². The van der Waals surface area contributed by atoms with Gasteiger partial charge in [0.05, 0.1) is 4.90 Å². The molecule has 8 heteroatoms. The molecule has 2 heterocycles. The maximum Gasteiger partial charge on any atom is 0.270 e. The van der Waals surface area contributed by atoms with Gasteiger partial charge < -0.3 is 5.73 Å². The number of imidazole rings is 1. The zero-order chi connectivity index (χ0) is 14.3. The molecule has 0 spiro atoms. The molecule has 0 atom stereocenters. The Hall–Kier alpha value is -2.48. The number of nitrogen functional groups attached to an aromatic ring is 1. The molecule has 0 saturated heterocycles. The van der Waals surface area contributed by atoms with Crippen LogP contribution < -0.4 is 5.73 Å². The van der Waals surface area contributed by atoms with E-state index < -0.39 is 10.0 Å². The molecule has 7 nitrogen and oxygen atoms in total. The van der Waals surface area contributed by atoms with Crippen molar-refractivity contribution < 1.29 is 8.42 Å². The predicted octanol–water partition coefficient (Wildman–Crippen LogP) is 0.954. The summed E-state index contributed by atoms with van der Waals surface area (Å²) >= 11 is 0. The van der Waals surface area contributed by atoms with Crippen LogP contribution in [0.25, 0.3) is 11.2 Å². The van der Waals surface area contributed by atoms with E-state index in [0.717, 1.165) is 9.54 Å². The number of fused-ring (bicyclic) bond motifs is 1. The smallest absolute Gasteiger partial charge is 0.270 e. The third-order valence-electron chi connectivity index (χ3n) is 2.91. The Morgan fingerprint density at radius 3 is 2.50 bits per heavy atom. The molecule has 3 aromatic rings. The van der Waals surface area contributed by atoms with E-state index in [1.807, 2.05) is 6.92 Å². The van der Waals surface area contributed by atoms with Crippen molar-refractivity contribution in [3.05, 3.63) is 42.5 Å². The summed E-state index contributed by atoms with van der Waals surface area (Å²) in [6.45, 7) is 1.89. The second kappa shape index (κ2) is 4.27. The van der Waals surface area contributed by atoms with Gasteiger partial charge in [-0.2, -0.15) is 0 Å². The predicted molar refractivity (Wildman–Crippen MR) is 73.5 cm³/mol. The van der Waals surface area contributed by atoms with Crippen LogP contribution in [0.4, 0.5) is 5.82 Å². The fraction of sp³-hybridized carbons (Fsp3) is 0.0833. The third kappa shape index (κ3) is 1.81. The molecular formula is C12H11N5O2S. The van der Waals surface area contributed by atoms with Crippen LogP contribution in [-0.4, -0.2) is 27.3 Å². The van der Waals surface area contributed by atoms with Gasteiger partial charge in [-0.3, -0.25) is 0 Å². The summed E-state index contributed by atoms with van der Waals surface area (Å²) in [6.07, 6.45) is 2.39. The molecule has 1 aromatic carbocycles. The fourth-order valence-electron chi connectivity index (χ4n) is 1.83. The first-order valence-electron chi connectivity index (χ1n) is 5.76. The summed E-state index contributed by atoms with van der Waals surface area (Å²) in [6, 6.07) is 6.55. The van der Waals surface area contributed by atoms with Crippen molar-refractivity contribution in [2.75, 3.05) is 5.73 Å². The van der Waals surface area contributed by atoms with Crippen LogP contribution >= 0.6 is 0 Å². The minimum absolute atomic E-state index is 0.146. The Kier molecular flexibility index (Phi) is 2.68. The fourth-order valence-corrected chi connectivity index (χ4v) is 3.07. The highest BCUT2D eigenvalue weighted by Crippen LogP contribution is 2.20. The van der Waals surface area contributed by atoms with Gasteiger partial charge in [-0.25, -0.2) is 27.3 Å². The minimum Gasteiger partial charge on any atom is -0.382 e. The van der Waals surface area contributed by atoms with E-state index in [1.54, 1.807) is 24.3 Å². The van der Waals surface area contributed by atoms with Gasteiger partial charge in [0.25, 0.3) is 10.0 Å². The molecule has 0 unspecified atom stereocenters. The molecule has 0 radical (unpaired) electrons. The van der Waals surface area contributed by atoms with Crippen LogP contribution in [0.3, 0.4) is 0 Å². The Balaban J connectivity index is 2.24. The first-order valence-corrected chi connectivity index (χ1v) is 7.20. The monoisotopic (exact) mass is 289 g/mol. The quantitative estimate of drug-likeness (QED) is 0.753. The van der Waals surface area contributed by atoms with Crippen molar-refractivity contribution in [1.82, 2.24) is 18.9 Å². The largest absolute Gasteiger partial charge is 0.382 e. The topological polar surface area (TPSA) is 104 Å². The minimum atomic E-state index is -3.75. The maximum atomic E-state index is 12.6. The van der Waals surface area contributed by atoms with Crippen molar-refractivity contribution in [3.8, 4) is 0 Å². The molecule has 0 saturated carbocycles. The van der Waals surface area contributed by atoms with Crippen LogP contribution in [-0.2, 0) is 10.0 Å². The molecule has 102 valence electrons. The lowest BCUT2D eigenvalue weighted by atomic mass is 10.2. The Morgan fingerprint density at radius 1 is 1.10 bits per heavy atom. The van der Waals surface area contributed by atoms with Gasteiger partial charge in [0.1, 0.15) is 12.7 Å². The lowest BCUT2D eigenvalue weighted by molar-refractivity contribution is 0.588. The van der Waals surface area contributed by atoms with Crippen molar-refractivity contribution in [2.24, 2.45) is 0 Å². The van der Waals surface area contributed by atoms with E-state index in [0.29, 0.717) is 0 Å². The van der Waals surface area contributed by atoms with Gasteiger partial charge in [-0.1, -0.05) is 17.7 Å². The normalized spacial score (nSPS) is 11.8. The number of nitrogens with two attached hydrogens (primary N) is 1. The Morgan fingerprint density at radius 2 is 1.80 bits per heavy atom. The summed E-state index contributed by atoms with van der Waals surface area (Å²) in [4.78, 5) is 11.9.